The minimum absolute atomic E-state index is 0.0392. The number of methoxy groups -OCH3 is 4. The molecular weight excluding hydrogens is 1110 g/mol. The number of carbonyl (C=O) groups is 3. The van der Waals surface area contributed by atoms with Crippen molar-refractivity contribution in [2.45, 2.75) is 204 Å². The van der Waals surface area contributed by atoms with E-state index < -0.39 is 130 Å². The number of hydrogen-bond donors (Lipinski definition) is 1. The summed E-state index contributed by atoms with van der Waals surface area (Å²) in [6.07, 6.45) is -1.91. The number of benzene rings is 1. The highest BCUT2D eigenvalue weighted by Crippen LogP contribution is 2.48. The Morgan fingerprint density at radius 3 is 2.24 bits per heavy atom. The van der Waals surface area contributed by atoms with Crippen molar-refractivity contribution in [3.05, 3.63) is 47.3 Å². The van der Waals surface area contributed by atoms with Crippen LogP contribution in [0.3, 0.4) is 0 Å². The fourth-order valence-corrected chi connectivity index (χ4v) is 16.4. The second-order valence-electron chi connectivity index (χ2n) is 25.3. The number of rotatable bonds is 22. The third-order valence-corrected chi connectivity index (χ3v) is 21.3. The van der Waals surface area contributed by atoms with Crippen molar-refractivity contribution in [3.8, 4) is 0 Å². The number of ketones is 1. The lowest BCUT2D eigenvalue weighted by atomic mass is 9.67. The number of aliphatic hydroxyl groups excluding tert-OH is 1. The number of Topliss-reactive ketones (excluding diaryl/α,β-unsaturated/α-hetero) is 1. The van der Waals surface area contributed by atoms with E-state index in [1.54, 1.807) is 48.3 Å². The van der Waals surface area contributed by atoms with Crippen molar-refractivity contribution in [3.63, 3.8) is 0 Å². The minimum atomic E-state index is -3.05. The number of fused-ring (bicyclic) bond motifs is 1. The zero-order chi connectivity index (χ0) is 61.6. The molecular formula is C61H98FN5O16S. The van der Waals surface area contributed by atoms with E-state index in [0.29, 0.717) is 51.1 Å². The SMILES string of the molecule is CC[C@H]1OC(=O)[C@H](C)C([C@H]2C[C@@](C)(OC)[C@@H](O)[C@H](C)O2)[C@H](C)[C@@H](O[C@H]2C[C@@H](N(C)CCc3cn([C@H](CF)[C@H](OC)c4ccc(C5CCS(=O)(=O)C5)cc4)nn3)C[C@@H](C)O2)[C@](C)(OC)C[C@@H](C)C(=O)[C@H](C)[C@H]2N(CCOCCOC)C(=O)O[C@]12C. The second-order valence-corrected chi connectivity index (χ2v) is 27.6. The molecule has 5 saturated heterocycles. The van der Waals surface area contributed by atoms with E-state index in [2.05, 4.69) is 15.2 Å². The predicted molar refractivity (Wildman–Crippen MR) is 310 cm³/mol. The molecule has 2 aromatic rings. The monoisotopic (exact) mass is 1210 g/mol. The number of esters is 1. The maximum absolute atomic E-state index is 15.2. The molecule has 5 aliphatic heterocycles. The first-order chi connectivity index (χ1) is 39.7. The van der Waals surface area contributed by atoms with Crippen LogP contribution < -0.4 is 0 Å². The molecule has 476 valence electrons. The van der Waals surface area contributed by atoms with E-state index in [0.717, 1.165) is 11.1 Å². The summed E-state index contributed by atoms with van der Waals surface area (Å²) in [6, 6.07) is 5.84. The number of alkyl halides is 1. The molecule has 0 saturated carbocycles. The van der Waals surface area contributed by atoms with Gasteiger partial charge in [-0.3, -0.25) is 14.5 Å². The van der Waals surface area contributed by atoms with Crippen LogP contribution in [0, 0.1) is 29.6 Å². The first kappa shape index (κ1) is 67.8. The van der Waals surface area contributed by atoms with E-state index in [-0.39, 0.29) is 67.8 Å². The largest absolute Gasteiger partial charge is 0.458 e. The van der Waals surface area contributed by atoms with Gasteiger partial charge in [-0.05, 0) is 90.3 Å². The molecule has 0 aliphatic carbocycles. The Hall–Kier alpha value is -3.75. The van der Waals surface area contributed by atoms with Crippen LogP contribution in [0.1, 0.15) is 143 Å². The van der Waals surface area contributed by atoms with Crippen molar-refractivity contribution in [1.29, 1.82) is 0 Å². The fourth-order valence-electron chi connectivity index (χ4n) is 14.6. The van der Waals surface area contributed by atoms with Crippen LogP contribution in [0.5, 0.6) is 0 Å². The van der Waals surface area contributed by atoms with Gasteiger partial charge in [-0.1, -0.05) is 64.1 Å². The van der Waals surface area contributed by atoms with Crippen LogP contribution in [0.25, 0.3) is 0 Å². The molecule has 23 heteroatoms. The lowest BCUT2D eigenvalue weighted by Crippen LogP contribution is -2.62. The fraction of sp³-hybridized carbons (Fsp3) is 0.820. The van der Waals surface area contributed by atoms with Gasteiger partial charge in [0.15, 0.2) is 21.7 Å². The Balaban J connectivity index is 1.16. The molecule has 20 atom stereocenters. The molecule has 0 spiro atoms. The number of aliphatic hydroxyl groups is 1. The third-order valence-electron chi connectivity index (χ3n) is 19.5. The zero-order valence-electron chi connectivity index (χ0n) is 52.4. The van der Waals surface area contributed by atoms with Crippen LogP contribution in [0.4, 0.5) is 9.18 Å². The van der Waals surface area contributed by atoms with Gasteiger partial charge in [0, 0.05) is 90.8 Å². The van der Waals surface area contributed by atoms with Gasteiger partial charge in [0.2, 0.25) is 0 Å². The topological polar surface area (TPSA) is 235 Å². The molecule has 0 bridgehead atoms. The molecule has 2 unspecified atom stereocenters. The molecule has 1 aromatic carbocycles. The smallest absolute Gasteiger partial charge is 0.411 e. The summed E-state index contributed by atoms with van der Waals surface area (Å²) in [5, 5.41) is 20.3. The molecule has 84 heavy (non-hydrogen) atoms. The summed E-state index contributed by atoms with van der Waals surface area (Å²) in [5.74, 6) is -4.03. The molecule has 21 nitrogen and oxygen atoms in total. The average Bonchev–Trinajstić information content (AvgIpc) is 1.89. The number of cyclic esters (lactones) is 1. The van der Waals surface area contributed by atoms with Crippen molar-refractivity contribution < 1.29 is 79.7 Å². The first-order valence-corrected chi connectivity index (χ1v) is 32.1. The van der Waals surface area contributed by atoms with Gasteiger partial charge in [0.05, 0.1) is 84.6 Å². The molecule has 6 heterocycles. The molecule has 1 N–H and O–H groups in total. The van der Waals surface area contributed by atoms with Crippen LogP contribution >= 0.6 is 0 Å². The summed E-state index contributed by atoms with van der Waals surface area (Å²) >= 11 is 0. The Morgan fingerprint density at radius 2 is 1.62 bits per heavy atom. The summed E-state index contributed by atoms with van der Waals surface area (Å²) < 4.78 is 104. The van der Waals surface area contributed by atoms with Gasteiger partial charge in [0.25, 0.3) is 0 Å². The summed E-state index contributed by atoms with van der Waals surface area (Å²) in [4.78, 5) is 48.2. The summed E-state index contributed by atoms with van der Waals surface area (Å²) in [5.41, 5.74) is -1.37. The normalized spacial score (nSPS) is 37.8. The van der Waals surface area contributed by atoms with Gasteiger partial charge >= 0.3 is 12.1 Å². The summed E-state index contributed by atoms with van der Waals surface area (Å²) in [6.45, 7) is 19.4. The first-order valence-electron chi connectivity index (χ1n) is 30.3. The van der Waals surface area contributed by atoms with Gasteiger partial charge < -0.3 is 57.4 Å². The molecule has 5 aliphatic rings. The number of likely N-dealkylation sites (N-methyl/N-ethyl adjacent to an activating group) is 1. The van der Waals surface area contributed by atoms with Crippen molar-refractivity contribution >= 4 is 27.7 Å². The molecule has 1 aromatic heterocycles. The third kappa shape index (κ3) is 14.9. The summed E-state index contributed by atoms with van der Waals surface area (Å²) in [7, 11) is 5.24. The van der Waals surface area contributed by atoms with E-state index in [4.69, 9.17) is 47.4 Å². The Morgan fingerprint density at radius 1 is 0.917 bits per heavy atom. The number of halogens is 1. The van der Waals surface area contributed by atoms with E-state index in [1.165, 1.54) is 16.7 Å². The number of carbonyl (C=O) groups excluding carboxylic acids is 3. The van der Waals surface area contributed by atoms with Crippen molar-refractivity contribution in [2.75, 3.05) is 86.6 Å². The van der Waals surface area contributed by atoms with Gasteiger partial charge in [-0.25, -0.2) is 22.3 Å². The average molecular weight is 1210 g/mol. The number of amides is 1. The quantitative estimate of drug-likeness (QED) is 0.0934. The Labute approximate surface area is 497 Å². The number of sulfone groups is 1. The maximum Gasteiger partial charge on any atom is 0.411 e. The van der Waals surface area contributed by atoms with Gasteiger partial charge in [0.1, 0.15) is 36.8 Å². The zero-order valence-corrected chi connectivity index (χ0v) is 53.2. The predicted octanol–water partition coefficient (Wildman–Crippen LogP) is 6.88. The van der Waals surface area contributed by atoms with Crippen LogP contribution in [-0.2, 0) is 73.2 Å². The highest BCUT2D eigenvalue weighted by molar-refractivity contribution is 7.91. The number of nitrogens with zero attached hydrogens (tertiary/aromatic N) is 5. The van der Waals surface area contributed by atoms with E-state index in [9.17, 15) is 18.3 Å². The lowest BCUT2D eigenvalue weighted by Gasteiger charge is -2.52. The van der Waals surface area contributed by atoms with E-state index in [1.807, 2.05) is 79.8 Å². The van der Waals surface area contributed by atoms with Crippen LogP contribution in [0.2, 0.25) is 0 Å². The van der Waals surface area contributed by atoms with Crippen LogP contribution in [0.15, 0.2) is 30.5 Å². The standard InChI is InChI=1S/C61H98FN5O16S/c1-16-49-61(10)54(66(58(71)83-61)24-25-78-27-26-74-12)40(6)52(68)36(2)31-60(9,77-15)56(38(4)51(39(5)57(70)81-49)48-32-59(8,76-14)55(69)41(7)80-48)82-50-30-46(29-37(3)79-50)65(11)23-21-45-34-67(64-63-45)47(33-62)53(75-13)43-19-17-42(18-20-43)44-22-28-84(72,73)35-44/h17-20,34,36-41,44,46-51,53-56,69H,16,21-33,35H2,1-15H3/t36-,37-,38+,39-,40+,41+,44?,46+,47-,48-,49-,50+,51?,53-,54-,55+,56-,59-,60-,61-/m1/s1. The maximum atomic E-state index is 15.2. The highest BCUT2D eigenvalue weighted by Gasteiger charge is 2.61. The van der Waals surface area contributed by atoms with Gasteiger partial charge in [-0.15, -0.1) is 5.10 Å². The molecule has 7 rings (SSSR count). The molecule has 0 radical (unpaired) electrons. The second kappa shape index (κ2) is 28.6. The van der Waals surface area contributed by atoms with Crippen LogP contribution in [-0.4, -0.2) is 215 Å². The molecule has 5 fully saturated rings. The Kier molecular flexibility index (Phi) is 23.1. The number of aromatic nitrogens is 3. The van der Waals surface area contributed by atoms with Gasteiger partial charge in [-0.2, -0.15) is 0 Å². The number of hydrogen-bond acceptors (Lipinski definition) is 19. The van der Waals surface area contributed by atoms with Crippen molar-refractivity contribution in [1.82, 2.24) is 24.8 Å². The highest BCUT2D eigenvalue weighted by atomic mass is 32.2. The molecule has 1 amide bonds. The minimum Gasteiger partial charge on any atom is -0.458 e. The Bertz CT molecular complexity index is 2600. The van der Waals surface area contributed by atoms with E-state index >= 15 is 14.0 Å². The van der Waals surface area contributed by atoms with Crippen molar-refractivity contribution in [2.24, 2.45) is 29.6 Å². The lowest BCUT2D eigenvalue weighted by molar-refractivity contribution is -0.278. The number of ether oxygens (including phenoxy) is 10.